The second kappa shape index (κ2) is 5.95. The molecule has 3 rings (SSSR count). The van der Waals surface area contributed by atoms with Crippen LogP contribution in [0.5, 0.6) is 11.8 Å². The fraction of sp³-hybridized carbons (Fsp3) is 0.400. The van der Waals surface area contributed by atoms with Gasteiger partial charge in [-0.25, -0.2) is 0 Å². The van der Waals surface area contributed by atoms with E-state index in [1.165, 1.54) is 5.56 Å². The van der Waals surface area contributed by atoms with E-state index in [2.05, 4.69) is 33.3 Å². The van der Waals surface area contributed by atoms with Gasteiger partial charge in [-0.1, -0.05) is 6.92 Å². The summed E-state index contributed by atoms with van der Waals surface area (Å²) in [7, 11) is 1.55. The average molecular weight is 286 g/mol. The highest BCUT2D eigenvalue weighted by Crippen LogP contribution is 2.29. The third-order valence-electron chi connectivity index (χ3n) is 3.28. The van der Waals surface area contributed by atoms with Gasteiger partial charge in [0.15, 0.2) is 5.82 Å². The van der Waals surface area contributed by atoms with Gasteiger partial charge in [0.05, 0.1) is 13.7 Å². The van der Waals surface area contributed by atoms with Crippen LogP contribution >= 0.6 is 0 Å². The lowest BCUT2D eigenvalue weighted by atomic mass is 10.1. The number of methoxy groups -OCH3 is 1. The van der Waals surface area contributed by atoms with Crippen LogP contribution in [-0.2, 0) is 6.42 Å². The molecule has 21 heavy (non-hydrogen) atoms. The fourth-order valence-corrected chi connectivity index (χ4v) is 2.22. The predicted molar refractivity (Wildman–Crippen MR) is 79.8 cm³/mol. The van der Waals surface area contributed by atoms with E-state index >= 15 is 0 Å². The van der Waals surface area contributed by atoms with E-state index in [1.807, 2.05) is 12.1 Å². The van der Waals surface area contributed by atoms with Crippen LogP contribution in [-0.4, -0.2) is 35.2 Å². The molecule has 1 aromatic carbocycles. The first-order valence-electron chi connectivity index (χ1n) is 7.10. The zero-order valence-electron chi connectivity index (χ0n) is 12.2. The molecule has 1 N–H and O–H groups in total. The van der Waals surface area contributed by atoms with Gasteiger partial charge in [-0.3, -0.25) is 0 Å². The van der Waals surface area contributed by atoms with Crippen LogP contribution in [0.25, 0.3) is 11.4 Å². The highest BCUT2D eigenvalue weighted by molar-refractivity contribution is 5.60. The lowest BCUT2D eigenvalue weighted by Crippen LogP contribution is -2.07. The van der Waals surface area contributed by atoms with Crippen LogP contribution in [0.1, 0.15) is 18.9 Å². The molecule has 1 aliphatic heterocycles. The van der Waals surface area contributed by atoms with E-state index in [1.54, 1.807) is 7.11 Å². The number of ether oxygens (including phenoxy) is 2. The maximum Gasteiger partial charge on any atom is 0.321 e. The zero-order valence-corrected chi connectivity index (χ0v) is 12.2. The molecule has 0 saturated heterocycles. The number of hydrogen-bond donors (Lipinski definition) is 1. The molecular formula is C15H18N4O2. The molecule has 0 radical (unpaired) electrons. The van der Waals surface area contributed by atoms with Gasteiger partial charge in [0.2, 0.25) is 5.95 Å². The van der Waals surface area contributed by atoms with E-state index in [-0.39, 0.29) is 0 Å². The third-order valence-corrected chi connectivity index (χ3v) is 3.28. The first kappa shape index (κ1) is 13.6. The Balaban J connectivity index is 1.96. The number of nitrogens with zero attached hydrogens (tertiary/aromatic N) is 3. The molecule has 110 valence electrons. The largest absolute Gasteiger partial charge is 0.493 e. The van der Waals surface area contributed by atoms with E-state index in [0.717, 1.165) is 37.3 Å². The molecule has 0 unspecified atom stereocenters. The minimum atomic E-state index is 0.315. The standard InChI is InChI=1S/C15H18N4O2/c1-3-7-16-14-17-13(18-15(19-14)20-2)11-4-5-12-10(9-11)6-8-21-12/h4-5,9H,3,6-8H2,1-2H3,(H,16,17,18,19). The van der Waals surface area contributed by atoms with Crippen molar-refractivity contribution in [3.8, 4) is 23.1 Å². The molecule has 6 heteroatoms. The van der Waals surface area contributed by atoms with E-state index in [4.69, 9.17) is 9.47 Å². The van der Waals surface area contributed by atoms with Crippen LogP contribution in [0.4, 0.5) is 5.95 Å². The van der Waals surface area contributed by atoms with Crippen molar-refractivity contribution < 1.29 is 9.47 Å². The second-order valence-electron chi connectivity index (χ2n) is 4.82. The SMILES string of the molecule is CCCNc1nc(OC)nc(-c2ccc3c(c2)CCO3)n1. The van der Waals surface area contributed by atoms with Crippen molar-refractivity contribution in [2.24, 2.45) is 0 Å². The van der Waals surface area contributed by atoms with E-state index in [9.17, 15) is 0 Å². The van der Waals surface area contributed by atoms with Crippen molar-refractivity contribution in [3.05, 3.63) is 23.8 Å². The summed E-state index contributed by atoms with van der Waals surface area (Å²) in [5, 5.41) is 3.16. The lowest BCUT2D eigenvalue weighted by Gasteiger charge is -2.08. The van der Waals surface area contributed by atoms with Gasteiger partial charge in [0, 0.05) is 18.5 Å². The molecule has 6 nitrogen and oxygen atoms in total. The third kappa shape index (κ3) is 2.89. The molecule has 1 aromatic heterocycles. The van der Waals surface area contributed by atoms with Gasteiger partial charge in [-0.15, -0.1) is 0 Å². The molecule has 0 spiro atoms. The highest BCUT2D eigenvalue weighted by atomic mass is 16.5. The quantitative estimate of drug-likeness (QED) is 0.909. The lowest BCUT2D eigenvalue weighted by molar-refractivity contribution is 0.357. The molecule has 0 aliphatic carbocycles. The zero-order chi connectivity index (χ0) is 14.7. The van der Waals surface area contributed by atoms with Crippen molar-refractivity contribution in [1.29, 1.82) is 0 Å². The number of aromatic nitrogens is 3. The number of nitrogens with one attached hydrogen (secondary N) is 1. The number of fused-ring (bicyclic) bond motifs is 1. The van der Waals surface area contributed by atoms with Crippen molar-refractivity contribution >= 4 is 5.95 Å². The summed E-state index contributed by atoms with van der Waals surface area (Å²) in [5.41, 5.74) is 2.13. The molecule has 0 amide bonds. The van der Waals surface area contributed by atoms with Gasteiger partial charge in [0.25, 0.3) is 0 Å². The maximum absolute atomic E-state index is 5.52. The molecule has 0 saturated carbocycles. The van der Waals surface area contributed by atoms with Crippen molar-refractivity contribution in [2.75, 3.05) is 25.6 Å². The Morgan fingerprint density at radius 1 is 1.29 bits per heavy atom. The fourth-order valence-electron chi connectivity index (χ4n) is 2.22. The molecule has 2 heterocycles. The summed E-state index contributed by atoms with van der Waals surface area (Å²) in [5.74, 6) is 2.09. The van der Waals surface area contributed by atoms with Crippen molar-refractivity contribution in [1.82, 2.24) is 15.0 Å². The van der Waals surface area contributed by atoms with Gasteiger partial charge in [0.1, 0.15) is 5.75 Å². The number of hydrogen-bond acceptors (Lipinski definition) is 6. The number of benzene rings is 1. The van der Waals surface area contributed by atoms with Crippen LogP contribution in [0.2, 0.25) is 0 Å². The van der Waals surface area contributed by atoms with Gasteiger partial charge >= 0.3 is 6.01 Å². The summed E-state index contributed by atoms with van der Waals surface area (Å²) < 4.78 is 10.7. The monoisotopic (exact) mass is 286 g/mol. The molecule has 2 aromatic rings. The van der Waals surface area contributed by atoms with Gasteiger partial charge in [-0.05, 0) is 30.2 Å². The van der Waals surface area contributed by atoms with Crippen molar-refractivity contribution in [3.63, 3.8) is 0 Å². The van der Waals surface area contributed by atoms with E-state index < -0.39 is 0 Å². The number of rotatable bonds is 5. The first-order chi connectivity index (χ1) is 10.3. The molecular weight excluding hydrogens is 268 g/mol. The predicted octanol–water partition coefficient (Wildman–Crippen LogP) is 2.30. The molecule has 1 aliphatic rings. The minimum Gasteiger partial charge on any atom is -0.493 e. The van der Waals surface area contributed by atoms with E-state index in [0.29, 0.717) is 17.8 Å². The van der Waals surface area contributed by atoms with Crippen LogP contribution in [0.15, 0.2) is 18.2 Å². The number of anilines is 1. The molecule has 0 atom stereocenters. The Labute approximate surface area is 123 Å². The normalized spacial score (nSPS) is 12.7. The second-order valence-corrected chi connectivity index (χ2v) is 4.82. The summed E-state index contributed by atoms with van der Waals surface area (Å²) >= 11 is 0. The van der Waals surface area contributed by atoms with Crippen LogP contribution in [0.3, 0.4) is 0 Å². The highest BCUT2D eigenvalue weighted by Gasteiger charge is 2.15. The smallest absolute Gasteiger partial charge is 0.321 e. The Hall–Kier alpha value is -2.37. The minimum absolute atomic E-state index is 0.315. The summed E-state index contributed by atoms with van der Waals surface area (Å²) in [6.45, 7) is 3.64. The molecule has 0 bridgehead atoms. The van der Waals surface area contributed by atoms with Crippen LogP contribution in [0, 0.1) is 0 Å². The van der Waals surface area contributed by atoms with Gasteiger partial charge in [-0.2, -0.15) is 15.0 Å². The Bertz CT molecular complexity index is 646. The Kier molecular flexibility index (Phi) is 3.85. The Morgan fingerprint density at radius 2 is 2.19 bits per heavy atom. The van der Waals surface area contributed by atoms with Crippen molar-refractivity contribution in [2.45, 2.75) is 19.8 Å². The van der Waals surface area contributed by atoms with Gasteiger partial charge < -0.3 is 14.8 Å². The first-order valence-corrected chi connectivity index (χ1v) is 7.10. The maximum atomic E-state index is 5.52. The molecule has 0 fully saturated rings. The Morgan fingerprint density at radius 3 is 3.00 bits per heavy atom. The van der Waals surface area contributed by atoms with Crippen LogP contribution < -0.4 is 14.8 Å². The topological polar surface area (TPSA) is 69.2 Å². The summed E-state index contributed by atoms with van der Waals surface area (Å²) in [4.78, 5) is 13.0. The summed E-state index contributed by atoms with van der Waals surface area (Å²) in [6.07, 6.45) is 1.92. The summed E-state index contributed by atoms with van der Waals surface area (Å²) in [6, 6.07) is 6.31. The average Bonchev–Trinajstić information content (AvgIpc) is 3.00.